The van der Waals surface area contributed by atoms with Crippen LogP contribution in [0.1, 0.15) is 18.2 Å². The maximum Gasteiger partial charge on any atom is 0.168 e. The van der Waals surface area contributed by atoms with E-state index in [-0.39, 0.29) is 5.56 Å². The lowest BCUT2D eigenvalue weighted by atomic mass is 10.1. The molecule has 0 aliphatic rings. The summed E-state index contributed by atoms with van der Waals surface area (Å²) in [6.45, 7) is 3.49. The number of nitrogens with one attached hydrogen (secondary N) is 1. The lowest BCUT2D eigenvalue weighted by Gasteiger charge is -2.04. The van der Waals surface area contributed by atoms with Gasteiger partial charge in [-0.25, -0.2) is 8.78 Å². The van der Waals surface area contributed by atoms with Gasteiger partial charge in [-0.2, -0.15) is 0 Å². The van der Waals surface area contributed by atoms with Crippen molar-refractivity contribution in [1.29, 1.82) is 0 Å². The monoisotopic (exact) mass is 269 g/mol. The zero-order valence-electron chi connectivity index (χ0n) is 9.91. The second-order valence-electron chi connectivity index (χ2n) is 3.82. The van der Waals surface area contributed by atoms with Crippen LogP contribution in [0.2, 0.25) is 0 Å². The first kappa shape index (κ1) is 13.0. The van der Waals surface area contributed by atoms with E-state index in [1.807, 2.05) is 0 Å². The van der Waals surface area contributed by atoms with E-state index in [9.17, 15) is 8.78 Å². The number of aromatic nitrogens is 2. The Labute approximate surface area is 108 Å². The quantitative estimate of drug-likeness (QED) is 0.848. The Balaban J connectivity index is 2.28. The third-order valence-corrected chi connectivity index (χ3v) is 3.20. The van der Waals surface area contributed by atoms with Crippen LogP contribution in [0, 0.1) is 11.6 Å². The standard InChI is InChI=1S/C12H13F2N3S/c1-2-6-15-7-10-12(16-17-18-10)8-4-3-5-9(13)11(8)14/h3-5,15H,2,6-7H2,1H3. The summed E-state index contributed by atoms with van der Waals surface area (Å²) in [5.74, 6) is -1.74. The Morgan fingerprint density at radius 3 is 2.94 bits per heavy atom. The fourth-order valence-electron chi connectivity index (χ4n) is 1.59. The molecule has 2 rings (SSSR count). The zero-order valence-corrected chi connectivity index (χ0v) is 10.7. The molecule has 1 N–H and O–H groups in total. The number of rotatable bonds is 5. The van der Waals surface area contributed by atoms with Crippen molar-refractivity contribution in [3.8, 4) is 11.3 Å². The average Bonchev–Trinajstić information content (AvgIpc) is 2.81. The maximum atomic E-state index is 13.7. The molecular formula is C12H13F2N3S. The Hall–Kier alpha value is -1.40. The molecule has 96 valence electrons. The van der Waals surface area contributed by atoms with E-state index in [0.29, 0.717) is 12.2 Å². The first-order valence-electron chi connectivity index (χ1n) is 5.70. The van der Waals surface area contributed by atoms with Gasteiger partial charge in [0.25, 0.3) is 0 Å². The molecule has 0 radical (unpaired) electrons. The molecular weight excluding hydrogens is 256 g/mol. The van der Waals surface area contributed by atoms with Gasteiger partial charge in [-0.15, -0.1) is 5.10 Å². The summed E-state index contributed by atoms with van der Waals surface area (Å²) in [4.78, 5) is 0.813. The van der Waals surface area contributed by atoms with Crippen LogP contribution in [-0.4, -0.2) is 16.1 Å². The molecule has 0 bridgehead atoms. The summed E-state index contributed by atoms with van der Waals surface area (Å²) in [6.07, 6.45) is 1.01. The van der Waals surface area contributed by atoms with E-state index in [0.717, 1.165) is 23.9 Å². The van der Waals surface area contributed by atoms with Crippen LogP contribution in [0.5, 0.6) is 0 Å². The minimum Gasteiger partial charge on any atom is -0.312 e. The van der Waals surface area contributed by atoms with E-state index in [1.54, 1.807) is 0 Å². The molecule has 0 atom stereocenters. The van der Waals surface area contributed by atoms with Crippen LogP contribution in [0.3, 0.4) is 0 Å². The van der Waals surface area contributed by atoms with E-state index >= 15 is 0 Å². The van der Waals surface area contributed by atoms with Crippen molar-refractivity contribution in [3.05, 3.63) is 34.7 Å². The molecule has 1 heterocycles. The van der Waals surface area contributed by atoms with Crippen molar-refractivity contribution in [3.63, 3.8) is 0 Å². The largest absolute Gasteiger partial charge is 0.312 e. The van der Waals surface area contributed by atoms with Crippen molar-refractivity contribution < 1.29 is 8.78 Å². The molecule has 0 spiro atoms. The van der Waals surface area contributed by atoms with Crippen LogP contribution >= 0.6 is 11.5 Å². The Morgan fingerprint density at radius 2 is 2.17 bits per heavy atom. The lowest BCUT2D eigenvalue weighted by molar-refractivity contribution is 0.510. The van der Waals surface area contributed by atoms with Gasteiger partial charge in [0, 0.05) is 12.1 Å². The third kappa shape index (κ3) is 2.70. The fraction of sp³-hybridized carbons (Fsp3) is 0.333. The highest BCUT2D eigenvalue weighted by Gasteiger charge is 2.16. The van der Waals surface area contributed by atoms with Crippen molar-refractivity contribution in [2.24, 2.45) is 0 Å². The molecule has 3 nitrogen and oxygen atoms in total. The van der Waals surface area contributed by atoms with Crippen LogP contribution in [0.15, 0.2) is 18.2 Å². The summed E-state index contributed by atoms with van der Waals surface area (Å²) < 4.78 is 30.7. The molecule has 1 aromatic heterocycles. The Morgan fingerprint density at radius 1 is 1.33 bits per heavy atom. The van der Waals surface area contributed by atoms with Gasteiger partial charge >= 0.3 is 0 Å². The van der Waals surface area contributed by atoms with Crippen molar-refractivity contribution in [2.75, 3.05) is 6.54 Å². The van der Waals surface area contributed by atoms with Crippen molar-refractivity contribution in [1.82, 2.24) is 14.9 Å². The number of benzene rings is 1. The Kier molecular flexibility index (Phi) is 4.33. The fourth-order valence-corrected chi connectivity index (χ4v) is 2.22. The van der Waals surface area contributed by atoms with Crippen molar-refractivity contribution in [2.45, 2.75) is 19.9 Å². The van der Waals surface area contributed by atoms with E-state index < -0.39 is 11.6 Å². The summed E-state index contributed by atoms with van der Waals surface area (Å²) in [7, 11) is 0. The van der Waals surface area contributed by atoms with Gasteiger partial charge < -0.3 is 5.32 Å². The second-order valence-corrected chi connectivity index (χ2v) is 4.66. The number of hydrogen-bond donors (Lipinski definition) is 1. The second kappa shape index (κ2) is 5.97. The molecule has 0 aliphatic heterocycles. The van der Waals surface area contributed by atoms with Gasteiger partial charge in [-0.1, -0.05) is 17.5 Å². The molecule has 0 fully saturated rings. The summed E-state index contributed by atoms with van der Waals surface area (Å²) in [6, 6.07) is 4.07. The predicted octanol–water partition coefficient (Wildman–Crippen LogP) is 2.98. The molecule has 2 aromatic rings. The minimum absolute atomic E-state index is 0.164. The SMILES string of the molecule is CCCNCc1snnc1-c1cccc(F)c1F. The zero-order chi connectivity index (χ0) is 13.0. The van der Waals surface area contributed by atoms with E-state index in [2.05, 4.69) is 21.8 Å². The molecule has 18 heavy (non-hydrogen) atoms. The smallest absolute Gasteiger partial charge is 0.168 e. The predicted molar refractivity (Wildman–Crippen MR) is 67.3 cm³/mol. The first-order chi connectivity index (χ1) is 8.74. The highest BCUT2D eigenvalue weighted by Crippen LogP contribution is 2.27. The van der Waals surface area contributed by atoms with Crippen LogP contribution in [0.4, 0.5) is 8.78 Å². The highest BCUT2D eigenvalue weighted by atomic mass is 32.1. The van der Waals surface area contributed by atoms with Gasteiger partial charge in [0.15, 0.2) is 11.6 Å². The third-order valence-electron chi connectivity index (χ3n) is 2.48. The van der Waals surface area contributed by atoms with Crippen LogP contribution < -0.4 is 5.32 Å². The molecule has 0 amide bonds. The summed E-state index contributed by atoms with van der Waals surface area (Å²) >= 11 is 1.20. The Bertz CT molecular complexity index is 528. The number of hydrogen-bond acceptors (Lipinski definition) is 4. The molecule has 6 heteroatoms. The molecule has 0 aliphatic carbocycles. The molecule has 0 saturated carbocycles. The van der Waals surface area contributed by atoms with Gasteiger partial charge in [-0.05, 0) is 36.6 Å². The van der Waals surface area contributed by atoms with E-state index in [4.69, 9.17) is 0 Å². The lowest BCUT2D eigenvalue weighted by Crippen LogP contribution is -2.13. The van der Waals surface area contributed by atoms with Gasteiger partial charge in [-0.3, -0.25) is 0 Å². The van der Waals surface area contributed by atoms with Crippen molar-refractivity contribution >= 4 is 11.5 Å². The highest BCUT2D eigenvalue weighted by molar-refractivity contribution is 7.05. The van der Waals surface area contributed by atoms with Crippen LogP contribution in [0.25, 0.3) is 11.3 Å². The van der Waals surface area contributed by atoms with Gasteiger partial charge in [0.1, 0.15) is 5.69 Å². The maximum absolute atomic E-state index is 13.7. The number of nitrogens with zero attached hydrogens (tertiary/aromatic N) is 2. The number of halogens is 2. The topological polar surface area (TPSA) is 37.8 Å². The first-order valence-corrected chi connectivity index (χ1v) is 6.47. The van der Waals surface area contributed by atoms with Gasteiger partial charge in [0.2, 0.25) is 0 Å². The molecule has 1 aromatic carbocycles. The normalized spacial score (nSPS) is 10.8. The minimum atomic E-state index is -0.873. The van der Waals surface area contributed by atoms with Crippen LogP contribution in [-0.2, 0) is 6.54 Å². The molecule has 0 unspecified atom stereocenters. The van der Waals surface area contributed by atoms with Gasteiger partial charge in [0.05, 0.1) is 4.88 Å². The molecule has 0 saturated heterocycles. The summed E-state index contributed by atoms with van der Waals surface area (Å²) in [5, 5.41) is 7.08. The summed E-state index contributed by atoms with van der Waals surface area (Å²) in [5.41, 5.74) is 0.581. The van der Waals surface area contributed by atoms with E-state index in [1.165, 1.54) is 23.7 Å². The average molecular weight is 269 g/mol.